The number of phenols is 1. The fourth-order valence-corrected chi connectivity index (χ4v) is 3.55. The molecular formula is C24H23FO4S. The van der Waals surface area contributed by atoms with Gasteiger partial charge >= 0.3 is 0 Å². The number of phenolic OH excluding ortho intramolecular Hbond substituents is 1. The molecule has 4 nitrogen and oxygen atoms in total. The van der Waals surface area contributed by atoms with Crippen molar-refractivity contribution in [1.29, 1.82) is 0 Å². The van der Waals surface area contributed by atoms with Gasteiger partial charge in [0.25, 0.3) is 0 Å². The summed E-state index contributed by atoms with van der Waals surface area (Å²) >= 11 is 1.48. The normalized spacial score (nSPS) is 12.6. The number of rotatable bonds is 9. The predicted octanol–water partition coefficient (Wildman–Crippen LogP) is 5.30. The van der Waals surface area contributed by atoms with Crippen LogP contribution in [0.1, 0.15) is 35.5 Å². The molecule has 156 valence electrons. The highest BCUT2D eigenvalue weighted by Crippen LogP contribution is 2.26. The van der Waals surface area contributed by atoms with Crippen molar-refractivity contribution in [2.45, 2.75) is 25.0 Å². The second kappa shape index (κ2) is 10.8. The van der Waals surface area contributed by atoms with E-state index in [1.54, 1.807) is 6.08 Å². The Morgan fingerprint density at radius 3 is 2.57 bits per heavy atom. The van der Waals surface area contributed by atoms with Gasteiger partial charge in [0.1, 0.15) is 12.4 Å². The summed E-state index contributed by atoms with van der Waals surface area (Å²) in [5, 5.41) is 31.9. The van der Waals surface area contributed by atoms with E-state index < -0.39 is 23.8 Å². The molecule has 0 aliphatic rings. The number of para-hydroxylation sites is 1. The topological polar surface area (TPSA) is 69.9 Å². The third kappa shape index (κ3) is 6.31. The summed E-state index contributed by atoms with van der Waals surface area (Å²) < 4.78 is 19.3. The monoisotopic (exact) mass is 426 g/mol. The number of aromatic hydroxyl groups is 1. The van der Waals surface area contributed by atoms with Gasteiger partial charge in [-0.1, -0.05) is 30.3 Å². The Morgan fingerprint density at radius 2 is 1.87 bits per heavy atom. The average molecular weight is 427 g/mol. The van der Waals surface area contributed by atoms with Crippen LogP contribution in [0.25, 0.3) is 0 Å². The molecule has 1 aromatic heterocycles. The molecule has 0 spiro atoms. The molecule has 3 aromatic rings. The SMILES string of the molecule is Oc1ccc([C@H](O)CC=C=C(COc2ccccc2)C[C@@H](O)c2cccs2)cc1F. The van der Waals surface area contributed by atoms with Crippen LogP contribution in [0.3, 0.4) is 0 Å². The maximum absolute atomic E-state index is 13.5. The van der Waals surface area contributed by atoms with Crippen LogP contribution in [0.2, 0.25) is 0 Å². The maximum atomic E-state index is 13.5. The molecule has 0 fully saturated rings. The van der Waals surface area contributed by atoms with Gasteiger partial charge in [-0.3, -0.25) is 0 Å². The minimum atomic E-state index is -0.939. The number of thiophene rings is 1. The van der Waals surface area contributed by atoms with Crippen molar-refractivity contribution in [2.75, 3.05) is 6.61 Å². The molecule has 3 rings (SSSR count). The van der Waals surface area contributed by atoms with E-state index in [2.05, 4.69) is 5.73 Å². The fourth-order valence-electron chi connectivity index (χ4n) is 2.84. The standard InChI is InChI=1S/C24H23FO4S/c25-20-15-18(11-12-22(20)27)21(26)9-4-6-17(14-23(28)24-10-5-13-30-24)16-29-19-7-2-1-3-8-19/h1-5,7-8,10-13,15,21,23,26-28H,9,14,16H2/t6?,21-,23-/m1/s1. The van der Waals surface area contributed by atoms with E-state index in [1.165, 1.54) is 23.5 Å². The summed E-state index contributed by atoms with van der Waals surface area (Å²) in [6, 6.07) is 16.9. The zero-order chi connectivity index (χ0) is 21.3. The molecule has 0 saturated heterocycles. The first kappa shape index (κ1) is 21.8. The summed E-state index contributed by atoms with van der Waals surface area (Å²) in [6.07, 6.45) is 0.588. The highest BCUT2D eigenvalue weighted by atomic mass is 32.1. The first-order valence-corrected chi connectivity index (χ1v) is 10.4. The Bertz CT molecular complexity index is 995. The van der Waals surface area contributed by atoms with E-state index in [9.17, 15) is 19.7 Å². The highest BCUT2D eigenvalue weighted by molar-refractivity contribution is 7.10. The first-order valence-electron chi connectivity index (χ1n) is 9.51. The van der Waals surface area contributed by atoms with Gasteiger partial charge in [0.2, 0.25) is 0 Å². The average Bonchev–Trinajstić information content (AvgIpc) is 3.29. The second-order valence-electron chi connectivity index (χ2n) is 6.75. The minimum Gasteiger partial charge on any atom is -0.505 e. The van der Waals surface area contributed by atoms with Gasteiger partial charge in [-0.25, -0.2) is 4.39 Å². The Labute approximate surface area is 178 Å². The second-order valence-corrected chi connectivity index (χ2v) is 7.73. The van der Waals surface area contributed by atoms with Crippen molar-refractivity contribution in [1.82, 2.24) is 0 Å². The van der Waals surface area contributed by atoms with Crippen LogP contribution in [-0.2, 0) is 0 Å². The van der Waals surface area contributed by atoms with Crippen molar-refractivity contribution in [2.24, 2.45) is 0 Å². The Morgan fingerprint density at radius 1 is 1.07 bits per heavy atom. The number of aliphatic hydroxyl groups excluding tert-OH is 2. The predicted molar refractivity (Wildman–Crippen MR) is 115 cm³/mol. The van der Waals surface area contributed by atoms with Gasteiger partial charge in [0.05, 0.1) is 12.2 Å². The van der Waals surface area contributed by atoms with Gasteiger partial charge in [0, 0.05) is 23.3 Å². The maximum Gasteiger partial charge on any atom is 0.165 e. The van der Waals surface area contributed by atoms with E-state index in [1.807, 2.05) is 47.8 Å². The highest BCUT2D eigenvalue weighted by Gasteiger charge is 2.13. The smallest absolute Gasteiger partial charge is 0.165 e. The van der Waals surface area contributed by atoms with Crippen molar-refractivity contribution in [3.8, 4) is 11.5 Å². The summed E-state index contributed by atoms with van der Waals surface area (Å²) in [6.45, 7) is 0.243. The lowest BCUT2D eigenvalue weighted by atomic mass is 10.0. The quantitative estimate of drug-likeness (QED) is 0.406. The van der Waals surface area contributed by atoms with Crippen LogP contribution in [-0.4, -0.2) is 21.9 Å². The van der Waals surface area contributed by atoms with E-state index >= 15 is 0 Å². The molecule has 0 aliphatic heterocycles. The van der Waals surface area contributed by atoms with Gasteiger partial charge in [0.15, 0.2) is 11.6 Å². The molecule has 6 heteroatoms. The van der Waals surface area contributed by atoms with E-state index in [-0.39, 0.29) is 13.0 Å². The molecule has 0 amide bonds. The molecule has 0 radical (unpaired) electrons. The van der Waals surface area contributed by atoms with E-state index in [4.69, 9.17) is 4.74 Å². The molecule has 3 N–H and O–H groups in total. The number of halogens is 1. The Hall–Kier alpha value is -2.89. The summed E-state index contributed by atoms with van der Waals surface area (Å²) in [7, 11) is 0. The molecule has 0 saturated carbocycles. The fraction of sp³-hybridized carbons (Fsp3) is 0.208. The van der Waals surface area contributed by atoms with Crippen LogP contribution < -0.4 is 4.74 Å². The molecule has 2 aromatic carbocycles. The molecule has 0 aliphatic carbocycles. The minimum absolute atomic E-state index is 0.203. The number of hydrogen-bond acceptors (Lipinski definition) is 5. The zero-order valence-electron chi connectivity index (χ0n) is 16.2. The number of aliphatic hydroxyl groups is 2. The van der Waals surface area contributed by atoms with Crippen molar-refractivity contribution in [3.05, 3.63) is 99.7 Å². The van der Waals surface area contributed by atoms with Crippen LogP contribution in [0, 0.1) is 5.82 Å². The number of benzene rings is 2. The first-order chi connectivity index (χ1) is 14.5. The summed E-state index contributed by atoms with van der Waals surface area (Å²) in [5.41, 5.74) is 4.22. The van der Waals surface area contributed by atoms with Crippen LogP contribution in [0.5, 0.6) is 11.5 Å². The van der Waals surface area contributed by atoms with Crippen molar-refractivity contribution < 1.29 is 24.4 Å². The molecular weight excluding hydrogens is 403 g/mol. The van der Waals surface area contributed by atoms with Gasteiger partial charge in [-0.05, 0) is 47.4 Å². The molecule has 2 atom stereocenters. The lowest BCUT2D eigenvalue weighted by Gasteiger charge is -2.12. The summed E-state index contributed by atoms with van der Waals surface area (Å²) in [4.78, 5) is 0.855. The molecule has 0 unspecified atom stereocenters. The number of ether oxygens (including phenoxy) is 1. The lowest BCUT2D eigenvalue weighted by molar-refractivity contribution is 0.177. The van der Waals surface area contributed by atoms with Gasteiger partial charge in [-0.2, -0.15) is 0 Å². The van der Waals surface area contributed by atoms with Crippen LogP contribution >= 0.6 is 11.3 Å². The lowest BCUT2D eigenvalue weighted by Crippen LogP contribution is -2.05. The third-order valence-corrected chi connectivity index (χ3v) is 5.44. The largest absolute Gasteiger partial charge is 0.505 e. The molecule has 30 heavy (non-hydrogen) atoms. The molecule has 0 bridgehead atoms. The molecule has 1 heterocycles. The van der Waals surface area contributed by atoms with Crippen LogP contribution in [0.4, 0.5) is 4.39 Å². The van der Waals surface area contributed by atoms with Gasteiger partial charge in [-0.15, -0.1) is 17.1 Å². The van der Waals surface area contributed by atoms with Crippen molar-refractivity contribution in [3.63, 3.8) is 0 Å². The Kier molecular flexibility index (Phi) is 7.82. The summed E-state index contributed by atoms with van der Waals surface area (Å²) in [5.74, 6) is -0.520. The third-order valence-electron chi connectivity index (χ3n) is 4.47. The Balaban J connectivity index is 1.71. The van der Waals surface area contributed by atoms with Crippen molar-refractivity contribution >= 4 is 11.3 Å². The zero-order valence-corrected chi connectivity index (χ0v) is 17.1. The number of hydrogen-bond donors (Lipinski definition) is 3. The van der Waals surface area contributed by atoms with Gasteiger partial charge < -0.3 is 20.1 Å². The van der Waals surface area contributed by atoms with E-state index in [0.717, 1.165) is 16.5 Å². The van der Waals surface area contributed by atoms with E-state index in [0.29, 0.717) is 17.7 Å². The van der Waals surface area contributed by atoms with Crippen LogP contribution in [0.15, 0.2) is 83.4 Å².